The molecule has 0 saturated carbocycles. The molecule has 6 heteroatoms. The number of nitrogens with zero attached hydrogens (tertiary/aromatic N) is 2. The minimum Gasteiger partial charge on any atom is -0.258 e. The SMILES string of the molecule is Cc1ccc2ccc(C)c([N+](=O)[O-])c2c1[N+](=O)[O-]. The Hall–Kier alpha value is -2.50. The van der Waals surface area contributed by atoms with Gasteiger partial charge in [0.1, 0.15) is 5.39 Å². The Balaban J connectivity index is 3.06. The Labute approximate surface area is 102 Å². The molecule has 0 unspecified atom stereocenters. The van der Waals surface area contributed by atoms with Crippen molar-refractivity contribution in [1.29, 1.82) is 0 Å². The zero-order valence-electron chi connectivity index (χ0n) is 9.84. The van der Waals surface area contributed by atoms with Crippen LogP contribution in [-0.2, 0) is 0 Å². The number of hydrogen-bond acceptors (Lipinski definition) is 4. The summed E-state index contributed by atoms with van der Waals surface area (Å²) in [6.07, 6.45) is 0. The molecular weight excluding hydrogens is 236 g/mol. The summed E-state index contributed by atoms with van der Waals surface area (Å²) < 4.78 is 0. The van der Waals surface area contributed by atoms with Gasteiger partial charge in [-0.2, -0.15) is 0 Å². The normalized spacial score (nSPS) is 10.6. The van der Waals surface area contributed by atoms with Crippen LogP contribution in [0.25, 0.3) is 10.8 Å². The van der Waals surface area contributed by atoms with Crippen LogP contribution >= 0.6 is 0 Å². The molecule has 92 valence electrons. The molecule has 0 saturated heterocycles. The molecule has 2 rings (SSSR count). The lowest BCUT2D eigenvalue weighted by Crippen LogP contribution is -1.98. The van der Waals surface area contributed by atoms with Gasteiger partial charge in [0.2, 0.25) is 0 Å². The van der Waals surface area contributed by atoms with Crippen LogP contribution in [0.4, 0.5) is 11.4 Å². The van der Waals surface area contributed by atoms with Gasteiger partial charge < -0.3 is 0 Å². The highest BCUT2D eigenvalue weighted by Crippen LogP contribution is 2.37. The Kier molecular flexibility index (Phi) is 2.70. The van der Waals surface area contributed by atoms with Crippen LogP contribution in [0.3, 0.4) is 0 Å². The predicted octanol–water partition coefficient (Wildman–Crippen LogP) is 3.27. The number of nitro groups is 2. The topological polar surface area (TPSA) is 86.3 Å². The standard InChI is InChI=1S/C12H10N2O4/c1-7-3-5-9-6-4-8(2)12(14(17)18)10(9)11(7)13(15)16/h3-6H,1-2H3. The van der Waals surface area contributed by atoms with Gasteiger partial charge in [0.15, 0.2) is 0 Å². The van der Waals surface area contributed by atoms with Crippen LogP contribution in [0.15, 0.2) is 24.3 Å². The fourth-order valence-electron chi connectivity index (χ4n) is 2.06. The number of fused-ring (bicyclic) bond motifs is 1. The van der Waals surface area contributed by atoms with Crippen LogP contribution in [0.2, 0.25) is 0 Å². The molecule has 0 amide bonds. The lowest BCUT2D eigenvalue weighted by atomic mass is 10.0. The average molecular weight is 246 g/mol. The van der Waals surface area contributed by atoms with Gasteiger partial charge >= 0.3 is 0 Å². The molecule has 0 radical (unpaired) electrons. The quantitative estimate of drug-likeness (QED) is 0.601. The summed E-state index contributed by atoms with van der Waals surface area (Å²) in [7, 11) is 0. The molecule has 0 bridgehead atoms. The summed E-state index contributed by atoms with van der Waals surface area (Å²) in [5.41, 5.74) is 0.452. The Bertz CT molecular complexity index is 625. The van der Waals surface area contributed by atoms with Crippen molar-refractivity contribution in [2.45, 2.75) is 13.8 Å². The number of hydrogen-bond donors (Lipinski definition) is 0. The van der Waals surface area contributed by atoms with Crippen molar-refractivity contribution < 1.29 is 9.85 Å². The molecule has 0 aromatic heterocycles. The molecule has 2 aromatic carbocycles. The summed E-state index contributed by atoms with van der Waals surface area (Å²) in [5.74, 6) is 0. The molecule has 0 aliphatic rings. The lowest BCUT2D eigenvalue weighted by molar-refractivity contribution is -0.390. The number of nitro benzene ring substituents is 2. The first-order chi connectivity index (χ1) is 8.43. The highest BCUT2D eigenvalue weighted by Gasteiger charge is 2.26. The van der Waals surface area contributed by atoms with E-state index in [1.54, 1.807) is 38.1 Å². The highest BCUT2D eigenvalue weighted by atomic mass is 16.6. The first-order valence-corrected chi connectivity index (χ1v) is 5.25. The number of aryl methyl sites for hydroxylation is 2. The van der Waals surface area contributed by atoms with Crippen molar-refractivity contribution in [3.05, 3.63) is 55.6 Å². The van der Waals surface area contributed by atoms with Crippen molar-refractivity contribution in [2.75, 3.05) is 0 Å². The molecule has 0 atom stereocenters. The third-order valence-corrected chi connectivity index (χ3v) is 2.90. The minimum atomic E-state index is -0.565. The van der Waals surface area contributed by atoms with Crippen LogP contribution in [0, 0.1) is 34.1 Å². The maximum atomic E-state index is 11.1. The Morgan fingerprint density at radius 3 is 1.56 bits per heavy atom. The molecule has 18 heavy (non-hydrogen) atoms. The van der Waals surface area contributed by atoms with E-state index >= 15 is 0 Å². The van der Waals surface area contributed by atoms with Gasteiger partial charge in [-0.3, -0.25) is 20.2 Å². The predicted molar refractivity (Wildman–Crippen MR) is 66.7 cm³/mol. The van der Waals surface area contributed by atoms with Crippen molar-refractivity contribution in [2.24, 2.45) is 0 Å². The lowest BCUT2D eigenvalue weighted by Gasteiger charge is -2.05. The Morgan fingerprint density at radius 1 is 0.833 bits per heavy atom. The number of rotatable bonds is 2. The largest absolute Gasteiger partial charge is 0.287 e. The van der Waals surface area contributed by atoms with Gasteiger partial charge in [-0.05, 0) is 19.2 Å². The second-order valence-corrected chi connectivity index (χ2v) is 4.07. The van der Waals surface area contributed by atoms with E-state index in [9.17, 15) is 20.2 Å². The summed E-state index contributed by atoms with van der Waals surface area (Å²) >= 11 is 0. The van der Waals surface area contributed by atoms with E-state index in [0.29, 0.717) is 16.5 Å². The molecule has 0 N–H and O–H groups in total. The van der Waals surface area contributed by atoms with Gasteiger partial charge in [0.05, 0.1) is 9.85 Å². The van der Waals surface area contributed by atoms with Crippen molar-refractivity contribution >= 4 is 22.1 Å². The van der Waals surface area contributed by atoms with E-state index in [4.69, 9.17) is 0 Å². The summed E-state index contributed by atoms with van der Waals surface area (Å²) in [6.45, 7) is 3.15. The van der Waals surface area contributed by atoms with E-state index in [0.717, 1.165) is 0 Å². The molecule has 0 fully saturated rings. The first kappa shape index (κ1) is 12.0. The van der Waals surface area contributed by atoms with Crippen LogP contribution in [0.5, 0.6) is 0 Å². The third kappa shape index (κ3) is 1.67. The fourth-order valence-corrected chi connectivity index (χ4v) is 2.06. The zero-order chi connectivity index (χ0) is 13.4. The maximum Gasteiger partial charge on any atom is 0.287 e. The van der Waals surface area contributed by atoms with E-state index in [1.807, 2.05) is 0 Å². The van der Waals surface area contributed by atoms with Crippen LogP contribution in [0.1, 0.15) is 11.1 Å². The molecule has 6 nitrogen and oxygen atoms in total. The van der Waals surface area contributed by atoms with Gasteiger partial charge in [0, 0.05) is 11.1 Å². The fraction of sp³-hybridized carbons (Fsp3) is 0.167. The van der Waals surface area contributed by atoms with Crippen molar-refractivity contribution in [3.63, 3.8) is 0 Å². The molecular formula is C12H10N2O4. The van der Waals surface area contributed by atoms with Gasteiger partial charge in [-0.25, -0.2) is 0 Å². The second kappa shape index (κ2) is 4.06. The van der Waals surface area contributed by atoms with Crippen LogP contribution < -0.4 is 0 Å². The van der Waals surface area contributed by atoms with E-state index in [2.05, 4.69) is 0 Å². The van der Waals surface area contributed by atoms with E-state index in [1.165, 1.54) is 0 Å². The van der Waals surface area contributed by atoms with E-state index in [-0.39, 0.29) is 16.8 Å². The molecule has 0 aliphatic carbocycles. The smallest absolute Gasteiger partial charge is 0.258 e. The summed E-state index contributed by atoms with van der Waals surface area (Å²) in [6, 6.07) is 6.51. The van der Waals surface area contributed by atoms with Crippen molar-refractivity contribution in [3.8, 4) is 0 Å². The maximum absolute atomic E-state index is 11.1. The van der Waals surface area contributed by atoms with E-state index < -0.39 is 9.85 Å². The highest BCUT2D eigenvalue weighted by molar-refractivity contribution is 6.00. The number of benzene rings is 2. The zero-order valence-corrected chi connectivity index (χ0v) is 9.84. The molecule has 0 spiro atoms. The van der Waals surface area contributed by atoms with Gasteiger partial charge in [-0.1, -0.05) is 24.3 Å². The summed E-state index contributed by atoms with van der Waals surface area (Å²) in [4.78, 5) is 21.1. The average Bonchev–Trinajstić information content (AvgIpc) is 2.27. The minimum absolute atomic E-state index is 0.102. The Morgan fingerprint density at radius 2 is 1.22 bits per heavy atom. The third-order valence-electron chi connectivity index (χ3n) is 2.90. The van der Waals surface area contributed by atoms with Gasteiger partial charge in [0.25, 0.3) is 11.4 Å². The van der Waals surface area contributed by atoms with Gasteiger partial charge in [-0.15, -0.1) is 0 Å². The van der Waals surface area contributed by atoms with Crippen molar-refractivity contribution in [1.82, 2.24) is 0 Å². The second-order valence-electron chi connectivity index (χ2n) is 4.07. The molecule has 0 aliphatic heterocycles. The monoisotopic (exact) mass is 246 g/mol. The summed E-state index contributed by atoms with van der Waals surface area (Å²) in [5, 5.41) is 22.8. The molecule has 2 aromatic rings. The first-order valence-electron chi connectivity index (χ1n) is 5.25. The van der Waals surface area contributed by atoms with Crippen LogP contribution in [-0.4, -0.2) is 9.85 Å². The molecule has 0 heterocycles.